The number of phenolic OH excluding ortho intramolecular Hbond substituents is 1. The lowest BCUT2D eigenvalue weighted by Gasteiger charge is -2.27. The van der Waals surface area contributed by atoms with Crippen molar-refractivity contribution in [2.75, 3.05) is 34.0 Å². The molecule has 1 aromatic heterocycles. The number of rotatable bonds is 9. The molecule has 2 heterocycles. The molecule has 0 radical (unpaired) electrons. The van der Waals surface area contributed by atoms with Crippen molar-refractivity contribution in [3.05, 3.63) is 58.3 Å². The molecule has 2 aromatic carbocycles. The molecule has 0 saturated carbocycles. The zero-order chi connectivity index (χ0) is 25.3. The zero-order valence-electron chi connectivity index (χ0n) is 21.1. The first-order valence-electron chi connectivity index (χ1n) is 11.8. The van der Waals surface area contributed by atoms with E-state index in [1.165, 1.54) is 0 Å². The first kappa shape index (κ1) is 24.6. The Balaban J connectivity index is 1.85. The Kier molecular flexibility index (Phi) is 7.03. The lowest BCUT2D eigenvalue weighted by molar-refractivity contribution is 0.0677. The highest BCUT2D eigenvalue weighted by Gasteiger charge is 2.42. The molecule has 0 fully saturated rings. The van der Waals surface area contributed by atoms with Crippen LogP contribution < -0.4 is 9.47 Å². The van der Waals surface area contributed by atoms with Crippen LogP contribution in [0.25, 0.3) is 11.3 Å². The standard InChI is InChI=1S/C27H33N3O5/c1-15(2)14-35-20-8-7-18(13-21(20)34-6)26-23-24(22-17(4)11-16(3)12-19(22)31)28-29-25(23)27(32)30(26)9-10-33-5/h7-8,11-13,15,26,31H,9-10,14H2,1-6H3,(H,28,29). The predicted octanol–water partition coefficient (Wildman–Crippen LogP) is 4.63. The van der Waals surface area contributed by atoms with Crippen LogP contribution in [0.5, 0.6) is 17.2 Å². The average Bonchev–Trinajstić information content (AvgIpc) is 3.34. The van der Waals surface area contributed by atoms with E-state index in [-0.39, 0.29) is 11.7 Å². The van der Waals surface area contributed by atoms with Crippen molar-refractivity contribution in [3.8, 4) is 28.5 Å². The van der Waals surface area contributed by atoms with Crippen LogP contribution in [0.3, 0.4) is 0 Å². The van der Waals surface area contributed by atoms with Crippen molar-refractivity contribution in [1.29, 1.82) is 0 Å². The van der Waals surface area contributed by atoms with E-state index >= 15 is 0 Å². The quantitative estimate of drug-likeness (QED) is 0.464. The van der Waals surface area contributed by atoms with Gasteiger partial charge in [0.1, 0.15) is 17.1 Å². The maximum atomic E-state index is 13.4. The molecule has 8 heteroatoms. The number of hydrogen-bond donors (Lipinski definition) is 2. The highest BCUT2D eigenvalue weighted by Crippen LogP contribution is 2.46. The van der Waals surface area contributed by atoms with Gasteiger partial charge >= 0.3 is 0 Å². The second-order valence-electron chi connectivity index (χ2n) is 9.35. The van der Waals surface area contributed by atoms with Crippen LogP contribution in [-0.2, 0) is 4.74 Å². The van der Waals surface area contributed by atoms with Crippen LogP contribution in [0, 0.1) is 19.8 Å². The summed E-state index contributed by atoms with van der Waals surface area (Å²) in [6.07, 6.45) is 0. The van der Waals surface area contributed by atoms with E-state index < -0.39 is 6.04 Å². The van der Waals surface area contributed by atoms with E-state index in [1.807, 2.05) is 38.1 Å². The normalized spacial score (nSPS) is 15.1. The molecular weight excluding hydrogens is 446 g/mol. The molecule has 1 aliphatic heterocycles. The number of nitrogens with zero attached hydrogens (tertiary/aromatic N) is 2. The number of aryl methyl sites for hydroxylation is 2. The van der Waals surface area contributed by atoms with Crippen molar-refractivity contribution < 1.29 is 24.1 Å². The fraction of sp³-hybridized carbons (Fsp3) is 0.407. The maximum Gasteiger partial charge on any atom is 0.273 e. The maximum absolute atomic E-state index is 13.4. The van der Waals surface area contributed by atoms with Crippen molar-refractivity contribution in [1.82, 2.24) is 15.1 Å². The number of aromatic amines is 1. The number of amides is 1. The summed E-state index contributed by atoms with van der Waals surface area (Å²) in [5, 5.41) is 18.2. The number of ether oxygens (including phenoxy) is 3. The van der Waals surface area contributed by atoms with E-state index in [1.54, 1.807) is 25.2 Å². The molecule has 1 aliphatic rings. The number of methoxy groups -OCH3 is 2. The van der Waals surface area contributed by atoms with E-state index in [9.17, 15) is 9.90 Å². The van der Waals surface area contributed by atoms with Crippen LogP contribution in [-0.4, -0.2) is 60.1 Å². The third-order valence-corrected chi connectivity index (χ3v) is 6.17. The molecule has 186 valence electrons. The number of carbonyl (C=O) groups excluding carboxylic acids is 1. The van der Waals surface area contributed by atoms with Gasteiger partial charge in [0.2, 0.25) is 0 Å². The molecule has 0 spiro atoms. The van der Waals surface area contributed by atoms with Gasteiger partial charge in [-0.1, -0.05) is 26.0 Å². The third-order valence-electron chi connectivity index (χ3n) is 6.17. The summed E-state index contributed by atoms with van der Waals surface area (Å²) in [6, 6.07) is 9.00. The SMILES string of the molecule is COCCN1C(=O)c2[nH]nc(-c3c(C)cc(C)cc3O)c2C1c1ccc(OCC(C)C)c(OC)c1. The highest BCUT2D eigenvalue weighted by atomic mass is 16.5. The predicted molar refractivity (Wildman–Crippen MR) is 133 cm³/mol. The first-order chi connectivity index (χ1) is 16.8. The number of benzene rings is 2. The van der Waals surface area contributed by atoms with Gasteiger partial charge in [0, 0.05) is 24.8 Å². The minimum absolute atomic E-state index is 0.133. The minimum atomic E-state index is -0.436. The second-order valence-corrected chi connectivity index (χ2v) is 9.35. The lowest BCUT2D eigenvalue weighted by Crippen LogP contribution is -2.32. The number of aromatic nitrogens is 2. The fourth-order valence-corrected chi connectivity index (χ4v) is 4.64. The number of H-pyrrole nitrogens is 1. The summed E-state index contributed by atoms with van der Waals surface area (Å²) < 4.78 is 16.9. The van der Waals surface area contributed by atoms with Crippen molar-refractivity contribution >= 4 is 5.91 Å². The van der Waals surface area contributed by atoms with E-state index in [2.05, 4.69) is 24.0 Å². The molecule has 1 unspecified atom stereocenters. The summed E-state index contributed by atoms with van der Waals surface area (Å²) in [4.78, 5) is 15.2. The number of aromatic hydroxyl groups is 1. The van der Waals surface area contributed by atoms with Crippen molar-refractivity contribution in [2.45, 2.75) is 33.7 Å². The molecule has 3 aromatic rings. The van der Waals surface area contributed by atoms with Gasteiger partial charge in [-0.05, 0) is 54.7 Å². The summed E-state index contributed by atoms with van der Waals surface area (Å²) in [5.41, 5.74) is 5.01. The molecule has 8 nitrogen and oxygen atoms in total. The summed E-state index contributed by atoms with van der Waals surface area (Å²) in [6.45, 7) is 9.39. The Labute approximate surface area is 205 Å². The number of phenols is 1. The Bertz CT molecular complexity index is 1210. The molecule has 4 rings (SSSR count). The molecule has 0 aliphatic carbocycles. The van der Waals surface area contributed by atoms with Gasteiger partial charge in [0.05, 0.1) is 26.4 Å². The van der Waals surface area contributed by atoms with Gasteiger partial charge in [0.15, 0.2) is 11.5 Å². The summed E-state index contributed by atoms with van der Waals surface area (Å²) in [7, 11) is 3.21. The Morgan fingerprint density at radius 2 is 1.91 bits per heavy atom. The van der Waals surface area contributed by atoms with Crippen LogP contribution in [0.1, 0.15) is 52.6 Å². The van der Waals surface area contributed by atoms with Gasteiger partial charge in [-0.15, -0.1) is 0 Å². The van der Waals surface area contributed by atoms with Gasteiger partial charge < -0.3 is 24.2 Å². The fourth-order valence-electron chi connectivity index (χ4n) is 4.64. The van der Waals surface area contributed by atoms with Crippen molar-refractivity contribution in [2.24, 2.45) is 5.92 Å². The first-order valence-corrected chi connectivity index (χ1v) is 11.8. The Hall–Kier alpha value is -3.52. The van der Waals surface area contributed by atoms with E-state index in [4.69, 9.17) is 14.2 Å². The molecular formula is C27H33N3O5. The number of nitrogens with one attached hydrogen (secondary N) is 1. The van der Waals surface area contributed by atoms with E-state index in [0.717, 1.165) is 22.3 Å². The smallest absolute Gasteiger partial charge is 0.273 e. The van der Waals surface area contributed by atoms with Crippen LogP contribution in [0.4, 0.5) is 0 Å². The molecule has 0 saturated heterocycles. The minimum Gasteiger partial charge on any atom is -0.507 e. The number of carbonyl (C=O) groups is 1. The summed E-state index contributed by atoms with van der Waals surface area (Å²) >= 11 is 0. The topological polar surface area (TPSA) is 96.9 Å². The lowest BCUT2D eigenvalue weighted by atomic mass is 9.93. The summed E-state index contributed by atoms with van der Waals surface area (Å²) in [5.74, 6) is 1.59. The molecule has 1 atom stereocenters. The molecule has 1 amide bonds. The third kappa shape index (κ3) is 4.58. The highest BCUT2D eigenvalue weighted by molar-refractivity contribution is 6.00. The zero-order valence-corrected chi connectivity index (χ0v) is 21.1. The number of fused-ring (bicyclic) bond motifs is 1. The van der Waals surface area contributed by atoms with E-state index in [0.29, 0.717) is 54.1 Å². The molecule has 2 N–H and O–H groups in total. The molecule has 0 bridgehead atoms. The van der Waals surface area contributed by atoms with Gasteiger partial charge in [-0.25, -0.2) is 0 Å². The number of hydrogen-bond acceptors (Lipinski definition) is 6. The molecule has 35 heavy (non-hydrogen) atoms. The van der Waals surface area contributed by atoms with Crippen LogP contribution in [0.2, 0.25) is 0 Å². The van der Waals surface area contributed by atoms with Gasteiger partial charge in [-0.2, -0.15) is 5.10 Å². The van der Waals surface area contributed by atoms with Crippen molar-refractivity contribution in [3.63, 3.8) is 0 Å². The largest absolute Gasteiger partial charge is 0.507 e. The monoisotopic (exact) mass is 479 g/mol. The van der Waals surface area contributed by atoms with Crippen LogP contribution in [0.15, 0.2) is 30.3 Å². The average molecular weight is 480 g/mol. The second kappa shape index (κ2) is 10.00. The van der Waals surface area contributed by atoms with Crippen LogP contribution >= 0.6 is 0 Å². The Morgan fingerprint density at radius 1 is 1.14 bits per heavy atom. The van der Waals surface area contributed by atoms with Gasteiger partial charge in [-0.3, -0.25) is 9.89 Å². The van der Waals surface area contributed by atoms with Gasteiger partial charge in [0.25, 0.3) is 5.91 Å². The Morgan fingerprint density at radius 3 is 2.57 bits per heavy atom.